The Bertz CT molecular complexity index is 598. The lowest BCUT2D eigenvalue weighted by Crippen LogP contribution is -2.43. The number of carbonyl (C=O) groups is 1. The second kappa shape index (κ2) is 4.68. The molecule has 19 heavy (non-hydrogen) atoms. The summed E-state index contributed by atoms with van der Waals surface area (Å²) in [5.74, 6) is -0.245. The molecule has 2 N–H and O–H groups in total. The maximum Gasteiger partial charge on any atom is 0.255 e. The van der Waals surface area contributed by atoms with Gasteiger partial charge in [-0.15, -0.1) is 0 Å². The predicted octanol–water partition coefficient (Wildman–Crippen LogP) is 1.31. The Kier molecular flexibility index (Phi) is 3.00. The summed E-state index contributed by atoms with van der Waals surface area (Å²) in [4.78, 5) is 12.1. The molecule has 0 radical (unpaired) electrons. The highest BCUT2D eigenvalue weighted by Gasteiger charge is 2.32. The molecule has 1 aromatic heterocycles. The molecule has 2 aromatic rings. The van der Waals surface area contributed by atoms with E-state index in [1.165, 1.54) is 6.26 Å². The lowest BCUT2D eigenvalue weighted by molar-refractivity contribution is 0.0265. The lowest BCUT2D eigenvalue weighted by Gasteiger charge is -2.20. The van der Waals surface area contributed by atoms with E-state index in [1.807, 2.05) is 24.3 Å². The van der Waals surface area contributed by atoms with Gasteiger partial charge in [-0.1, -0.05) is 18.2 Å². The van der Waals surface area contributed by atoms with Crippen LogP contribution in [-0.4, -0.2) is 36.4 Å². The van der Waals surface area contributed by atoms with Crippen LogP contribution in [0.4, 0.5) is 0 Å². The third-order valence-electron chi connectivity index (χ3n) is 3.39. The maximum absolute atomic E-state index is 12.1. The van der Waals surface area contributed by atoms with E-state index >= 15 is 0 Å². The van der Waals surface area contributed by atoms with Gasteiger partial charge in [-0.25, -0.2) is 0 Å². The Hall–Kier alpha value is -1.85. The van der Waals surface area contributed by atoms with Crippen LogP contribution in [0.25, 0.3) is 11.0 Å². The number of carbonyl (C=O) groups excluding carboxylic acids is 1. The minimum Gasteiger partial charge on any atom is -0.463 e. The Labute approximate surface area is 110 Å². The molecule has 2 heterocycles. The maximum atomic E-state index is 12.1. The van der Waals surface area contributed by atoms with Crippen LogP contribution in [0.2, 0.25) is 0 Å². The molecule has 0 aliphatic carbocycles. The number of aliphatic hydroxyl groups is 1. The van der Waals surface area contributed by atoms with E-state index < -0.39 is 5.60 Å². The van der Waals surface area contributed by atoms with Gasteiger partial charge in [-0.2, -0.15) is 0 Å². The van der Waals surface area contributed by atoms with Crippen molar-refractivity contribution in [3.05, 3.63) is 36.1 Å². The zero-order valence-corrected chi connectivity index (χ0v) is 10.4. The lowest BCUT2D eigenvalue weighted by atomic mass is 10.0. The topological polar surface area (TPSA) is 71.7 Å². The van der Waals surface area contributed by atoms with Crippen molar-refractivity contribution in [3.63, 3.8) is 0 Å². The zero-order chi connectivity index (χ0) is 13.3. The second-order valence-electron chi connectivity index (χ2n) is 4.86. The Morgan fingerprint density at radius 3 is 3.05 bits per heavy atom. The van der Waals surface area contributed by atoms with Crippen molar-refractivity contribution >= 4 is 16.9 Å². The second-order valence-corrected chi connectivity index (χ2v) is 4.86. The van der Waals surface area contributed by atoms with Crippen LogP contribution >= 0.6 is 0 Å². The van der Waals surface area contributed by atoms with E-state index in [0.717, 1.165) is 5.39 Å². The molecule has 0 spiro atoms. The van der Waals surface area contributed by atoms with Crippen LogP contribution in [0, 0.1) is 0 Å². The number of furan rings is 1. The molecule has 0 unspecified atom stereocenters. The number of para-hydroxylation sites is 1. The summed E-state index contributed by atoms with van der Waals surface area (Å²) in [7, 11) is 0. The molecule has 0 bridgehead atoms. The first-order chi connectivity index (χ1) is 9.18. The Morgan fingerprint density at radius 1 is 1.42 bits per heavy atom. The fraction of sp³-hybridized carbons (Fsp3) is 0.357. The van der Waals surface area contributed by atoms with Crippen LogP contribution < -0.4 is 5.32 Å². The largest absolute Gasteiger partial charge is 0.463 e. The number of hydrogen-bond acceptors (Lipinski definition) is 4. The minimum absolute atomic E-state index is 0.186. The molecule has 100 valence electrons. The van der Waals surface area contributed by atoms with Gasteiger partial charge in [0, 0.05) is 25.0 Å². The van der Waals surface area contributed by atoms with Crippen LogP contribution in [0.1, 0.15) is 16.8 Å². The van der Waals surface area contributed by atoms with Gasteiger partial charge < -0.3 is 19.6 Å². The quantitative estimate of drug-likeness (QED) is 0.874. The highest BCUT2D eigenvalue weighted by atomic mass is 16.5. The number of ether oxygens (including phenoxy) is 1. The summed E-state index contributed by atoms with van der Waals surface area (Å²) in [5.41, 5.74) is 0.212. The Morgan fingerprint density at radius 2 is 2.26 bits per heavy atom. The van der Waals surface area contributed by atoms with Gasteiger partial charge in [0.2, 0.25) is 0 Å². The summed E-state index contributed by atoms with van der Waals surface area (Å²) in [5, 5.41) is 13.6. The van der Waals surface area contributed by atoms with Crippen molar-refractivity contribution in [2.24, 2.45) is 0 Å². The van der Waals surface area contributed by atoms with Gasteiger partial charge in [-0.3, -0.25) is 4.79 Å². The molecule has 1 atom stereocenters. The smallest absolute Gasteiger partial charge is 0.255 e. The van der Waals surface area contributed by atoms with E-state index in [0.29, 0.717) is 24.2 Å². The van der Waals surface area contributed by atoms with Gasteiger partial charge in [0.1, 0.15) is 17.4 Å². The van der Waals surface area contributed by atoms with E-state index in [9.17, 15) is 9.90 Å². The standard InChI is InChI=1S/C14H15NO4/c16-13(15-8-14(17)5-6-18-9-14)11-7-19-12-4-2-1-3-10(11)12/h1-4,7,17H,5-6,8-9H2,(H,15,16)/t14-/m1/s1. The molecule has 1 aromatic carbocycles. The number of rotatable bonds is 3. The summed E-state index contributed by atoms with van der Waals surface area (Å²) in [6, 6.07) is 7.35. The van der Waals surface area contributed by atoms with Gasteiger partial charge in [0.25, 0.3) is 5.91 Å². The van der Waals surface area contributed by atoms with Crippen molar-refractivity contribution in [2.45, 2.75) is 12.0 Å². The molecule has 0 saturated carbocycles. The molecule has 5 nitrogen and oxygen atoms in total. The van der Waals surface area contributed by atoms with Crippen LogP contribution in [0.15, 0.2) is 34.9 Å². The highest BCUT2D eigenvalue weighted by Crippen LogP contribution is 2.21. The zero-order valence-electron chi connectivity index (χ0n) is 10.4. The van der Waals surface area contributed by atoms with Gasteiger partial charge in [0.15, 0.2) is 0 Å². The summed E-state index contributed by atoms with van der Waals surface area (Å²) >= 11 is 0. The number of benzene rings is 1. The van der Waals surface area contributed by atoms with Crippen molar-refractivity contribution in [3.8, 4) is 0 Å². The molecule has 1 amide bonds. The fourth-order valence-electron chi connectivity index (χ4n) is 2.23. The SMILES string of the molecule is O=C(NC[C@]1(O)CCOC1)c1coc2ccccc12. The van der Waals surface area contributed by atoms with Crippen molar-refractivity contribution in [1.82, 2.24) is 5.32 Å². The fourth-order valence-corrected chi connectivity index (χ4v) is 2.23. The Balaban J connectivity index is 1.73. The van der Waals surface area contributed by atoms with E-state index in [4.69, 9.17) is 9.15 Å². The van der Waals surface area contributed by atoms with E-state index in [1.54, 1.807) is 0 Å². The average Bonchev–Trinajstić information content (AvgIpc) is 3.03. The molecule has 1 fully saturated rings. The first-order valence-corrected chi connectivity index (χ1v) is 6.23. The van der Waals surface area contributed by atoms with Crippen molar-refractivity contribution in [2.75, 3.05) is 19.8 Å². The summed E-state index contributed by atoms with van der Waals surface area (Å²) in [6.45, 7) is 0.978. The van der Waals surface area contributed by atoms with Crippen LogP contribution in [0.3, 0.4) is 0 Å². The van der Waals surface area contributed by atoms with Gasteiger partial charge in [-0.05, 0) is 6.07 Å². The number of nitrogens with one attached hydrogen (secondary N) is 1. The summed E-state index contributed by atoms with van der Waals surface area (Å²) in [6.07, 6.45) is 1.98. The first kappa shape index (κ1) is 12.2. The van der Waals surface area contributed by atoms with Crippen LogP contribution in [0.5, 0.6) is 0 Å². The monoisotopic (exact) mass is 261 g/mol. The number of hydrogen-bond donors (Lipinski definition) is 2. The van der Waals surface area contributed by atoms with Crippen molar-refractivity contribution < 1.29 is 19.1 Å². The van der Waals surface area contributed by atoms with Gasteiger partial charge in [0.05, 0.1) is 12.2 Å². The molecule has 3 rings (SSSR count). The van der Waals surface area contributed by atoms with E-state index in [-0.39, 0.29) is 19.1 Å². The molecular formula is C14H15NO4. The third kappa shape index (κ3) is 2.34. The normalized spacial score (nSPS) is 22.8. The molecule has 1 aliphatic rings. The average molecular weight is 261 g/mol. The highest BCUT2D eigenvalue weighted by molar-refractivity contribution is 6.05. The predicted molar refractivity (Wildman–Crippen MR) is 68.9 cm³/mol. The molecule has 5 heteroatoms. The number of fused-ring (bicyclic) bond motifs is 1. The summed E-state index contributed by atoms with van der Waals surface area (Å²) < 4.78 is 10.5. The van der Waals surface area contributed by atoms with Crippen LogP contribution in [-0.2, 0) is 4.74 Å². The number of amides is 1. The third-order valence-corrected chi connectivity index (χ3v) is 3.39. The molecule has 1 aliphatic heterocycles. The van der Waals surface area contributed by atoms with Gasteiger partial charge >= 0.3 is 0 Å². The molecular weight excluding hydrogens is 246 g/mol. The first-order valence-electron chi connectivity index (χ1n) is 6.23. The van der Waals surface area contributed by atoms with Crippen molar-refractivity contribution in [1.29, 1.82) is 0 Å². The minimum atomic E-state index is -0.949. The molecule has 1 saturated heterocycles. The van der Waals surface area contributed by atoms with E-state index in [2.05, 4.69) is 5.32 Å².